The molecular formula is C13H18N2O. The van der Waals surface area contributed by atoms with Gasteiger partial charge in [0, 0.05) is 7.05 Å². The molecule has 0 saturated heterocycles. The number of hydrogen-bond donors (Lipinski definition) is 0. The fraction of sp³-hybridized carbons (Fsp3) is 0.462. The molecule has 3 nitrogen and oxygen atoms in total. The van der Waals surface area contributed by atoms with Gasteiger partial charge in [0.25, 0.3) is 0 Å². The first-order valence-electron chi connectivity index (χ1n) is 5.73. The highest BCUT2D eigenvalue weighted by Gasteiger charge is 2.34. The van der Waals surface area contributed by atoms with Crippen LogP contribution in [-0.4, -0.2) is 24.6 Å². The monoisotopic (exact) mass is 218 g/mol. The highest BCUT2D eigenvalue weighted by molar-refractivity contribution is 5.80. The van der Waals surface area contributed by atoms with Crippen molar-refractivity contribution >= 4 is 5.90 Å². The third kappa shape index (κ3) is 1.90. The van der Waals surface area contributed by atoms with Crippen molar-refractivity contribution in [3.8, 4) is 0 Å². The number of hydrogen-bond acceptors (Lipinski definition) is 3. The lowest BCUT2D eigenvalue weighted by atomic mass is 9.95. The summed E-state index contributed by atoms with van der Waals surface area (Å²) in [6, 6.07) is 10.7. The fourth-order valence-electron chi connectivity index (χ4n) is 2.23. The van der Waals surface area contributed by atoms with Gasteiger partial charge >= 0.3 is 0 Å². The molecule has 0 saturated carbocycles. The van der Waals surface area contributed by atoms with E-state index in [2.05, 4.69) is 36.3 Å². The molecule has 2 atom stereocenters. The van der Waals surface area contributed by atoms with Crippen LogP contribution in [0, 0.1) is 5.92 Å². The number of ether oxygens (including phenoxy) is 1. The van der Waals surface area contributed by atoms with Gasteiger partial charge in [-0.2, -0.15) is 0 Å². The average Bonchev–Trinajstić information content (AvgIpc) is 2.56. The van der Waals surface area contributed by atoms with Crippen LogP contribution in [0.4, 0.5) is 0 Å². The Hall–Kier alpha value is -1.51. The Kier molecular flexibility index (Phi) is 3.13. The first kappa shape index (κ1) is 11.0. The third-order valence-electron chi connectivity index (χ3n) is 2.96. The maximum absolute atomic E-state index is 5.55. The van der Waals surface area contributed by atoms with Gasteiger partial charge in [0.2, 0.25) is 5.90 Å². The SMILES string of the molecule is CCOC1=NN(C)C(c2ccccc2)C1C. The summed E-state index contributed by atoms with van der Waals surface area (Å²) in [5.41, 5.74) is 1.29. The third-order valence-corrected chi connectivity index (χ3v) is 2.96. The van der Waals surface area contributed by atoms with Crippen LogP contribution in [0.15, 0.2) is 35.4 Å². The summed E-state index contributed by atoms with van der Waals surface area (Å²) in [7, 11) is 2.00. The van der Waals surface area contributed by atoms with Gasteiger partial charge in [0.15, 0.2) is 0 Å². The summed E-state index contributed by atoms with van der Waals surface area (Å²) in [5, 5.41) is 6.44. The molecule has 2 unspecified atom stereocenters. The van der Waals surface area contributed by atoms with Crippen LogP contribution in [0.3, 0.4) is 0 Å². The summed E-state index contributed by atoms with van der Waals surface area (Å²) in [5.74, 6) is 1.16. The highest BCUT2D eigenvalue weighted by Crippen LogP contribution is 2.34. The van der Waals surface area contributed by atoms with Crippen molar-refractivity contribution in [3.05, 3.63) is 35.9 Å². The van der Waals surface area contributed by atoms with Crippen molar-refractivity contribution in [2.24, 2.45) is 11.0 Å². The van der Waals surface area contributed by atoms with E-state index in [0.717, 1.165) is 5.90 Å². The zero-order valence-electron chi connectivity index (χ0n) is 10.1. The molecule has 0 fully saturated rings. The van der Waals surface area contributed by atoms with Crippen molar-refractivity contribution in [2.75, 3.05) is 13.7 Å². The maximum Gasteiger partial charge on any atom is 0.211 e. The summed E-state index contributed by atoms with van der Waals surface area (Å²) in [6.45, 7) is 4.83. The van der Waals surface area contributed by atoms with Crippen molar-refractivity contribution in [3.63, 3.8) is 0 Å². The van der Waals surface area contributed by atoms with Crippen molar-refractivity contribution in [1.29, 1.82) is 0 Å². The largest absolute Gasteiger partial charge is 0.480 e. The van der Waals surface area contributed by atoms with Gasteiger partial charge in [-0.05, 0) is 12.5 Å². The quantitative estimate of drug-likeness (QED) is 0.762. The minimum Gasteiger partial charge on any atom is -0.480 e. The van der Waals surface area contributed by atoms with Crippen LogP contribution < -0.4 is 0 Å². The molecule has 0 aromatic heterocycles. The van der Waals surface area contributed by atoms with E-state index < -0.39 is 0 Å². The van der Waals surface area contributed by atoms with Gasteiger partial charge in [0.05, 0.1) is 18.6 Å². The van der Waals surface area contributed by atoms with E-state index in [1.807, 2.05) is 25.0 Å². The van der Waals surface area contributed by atoms with Crippen molar-refractivity contribution in [1.82, 2.24) is 5.01 Å². The second-order valence-electron chi connectivity index (χ2n) is 4.09. The molecule has 0 radical (unpaired) electrons. The summed E-state index contributed by atoms with van der Waals surface area (Å²) >= 11 is 0. The van der Waals surface area contributed by atoms with Gasteiger partial charge in [0.1, 0.15) is 0 Å². The predicted molar refractivity (Wildman–Crippen MR) is 65.2 cm³/mol. The Morgan fingerprint density at radius 1 is 1.31 bits per heavy atom. The molecule has 1 aromatic rings. The molecule has 0 amide bonds. The Labute approximate surface area is 96.7 Å². The lowest BCUT2D eigenvalue weighted by molar-refractivity contribution is 0.254. The van der Waals surface area contributed by atoms with Gasteiger partial charge in [-0.15, -0.1) is 5.10 Å². The smallest absolute Gasteiger partial charge is 0.211 e. The molecule has 0 bridgehead atoms. The molecule has 1 heterocycles. The molecule has 0 aliphatic carbocycles. The predicted octanol–water partition coefficient (Wildman–Crippen LogP) is 2.66. The first-order chi connectivity index (χ1) is 7.74. The van der Waals surface area contributed by atoms with Crippen LogP contribution in [0.5, 0.6) is 0 Å². The normalized spacial score (nSPS) is 24.4. The van der Waals surface area contributed by atoms with Gasteiger partial charge in [-0.1, -0.05) is 37.3 Å². The molecule has 16 heavy (non-hydrogen) atoms. The van der Waals surface area contributed by atoms with E-state index in [-0.39, 0.29) is 0 Å². The molecular weight excluding hydrogens is 200 g/mol. The Morgan fingerprint density at radius 3 is 2.62 bits per heavy atom. The van der Waals surface area contributed by atoms with E-state index in [1.54, 1.807) is 0 Å². The van der Waals surface area contributed by atoms with Crippen molar-refractivity contribution < 1.29 is 4.74 Å². The van der Waals surface area contributed by atoms with Gasteiger partial charge < -0.3 is 4.74 Å². The second kappa shape index (κ2) is 4.56. The highest BCUT2D eigenvalue weighted by atomic mass is 16.5. The minimum absolute atomic E-state index is 0.294. The molecule has 0 N–H and O–H groups in total. The molecule has 1 aromatic carbocycles. The Bertz CT molecular complexity index is 375. The zero-order chi connectivity index (χ0) is 11.5. The van der Waals surface area contributed by atoms with E-state index in [9.17, 15) is 0 Å². The first-order valence-corrected chi connectivity index (χ1v) is 5.73. The Balaban J connectivity index is 2.20. The topological polar surface area (TPSA) is 24.8 Å². The maximum atomic E-state index is 5.55. The van der Waals surface area contributed by atoms with E-state index in [4.69, 9.17) is 4.74 Å². The van der Waals surface area contributed by atoms with Crippen LogP contribution in [0.1, 0.15) is 25.5 Å². The number of rotatable bonds is 2. The summed E-state index contributed by atoms with van der Waals surface area (Å²) < 4.78 is 5.55. The minimum atomic E-state index is 0.294. The average molecular weight is 218 g/mol. The van der Waals surface area contributed by atoms with E-state index in [0.29, 0.717) is 18.6 Å². The zero-order valence-corrected chi connectivity index (χ0v) is 10.1. The number of hydrazone groups is 1. The second-order valence-corrected chi connectivity index (χ2v) is 4.09. The number of benzene rings is 1. The molecule has 3 heteroatoms. The van der Waals surface area contributed by atoms with Gasteiger partial charge in [-0.25, -0.2) is 0 Å². The van der Waals surface area contributed by atoms with E-state index in [1.165, 1.54) is 5.56 Å². The molecule has 1 aliphatic rings. The molecule has 86 valence electrons. The summed E-state index contributed by atoms with van der Waals surface area (Å²) in [6.07, 6.45) is 0. The Morgan fingerprint density at radius 2 is 2.00 bits per heavy atom. The van der Waals surface area contributed by atoms with Crippen LogP contribution in [-0.2, 0) is 4.74 Å². The lowest BCUT2D eigenvalue weighted by Gasteiger charge is -2.22. The van der Waals surface area contributed by atoms with Gasteiger partial charge in [-0.3, -0.25) is 5.01 Å². The van der Waals surface area contributed by atoms with Crippen molar-refractivity contribution in [2.45, 2.75) is 19.9 Å². The standard InChI is InChI=1S/C13H18N2O/c1-4-16-13-10(2)12(15(3)14-13)11-8-6-5-7-9-11/h5-10,12H,4H2,1-3H3. The molecule has 2 rings (SSSR count). The van der Waals surface area contributed by atoms with Crippen LogP contribution >= 0.6 is 0 Å². The fourth-order valence-corrected chi connectivity index (χ4v) is 2.23. The molecule has 1 aliphatic heterocycles. The summed E-state index contributed by atoms with van der Waals surface area (Å²) in [4.78, 5) is 0. The molecule has 0 spiro atoms. The number of nitrogens with zero attached hydrogens (tertiary/aromatic N) is 2. The lowest BCUT2D eigenvalue weighted by Crippen LogP contribution is -2.21. The van der Waals surface area contributed by atoms with Crippen LogP contribution in [0.25, 0.3) is 0 Å². The van der Waals surface area contributed by atoms with E-state index >= 15 is 0 Å². The van der Waals surface area contributed by atoms with Crippen LogP contribution in [0.2, 0.25) is 0 Å².